The molecule has 0 unspecified atom stereocenters. The van der Waals surface area contributed by atoms with Crippen molar-refractivity contribution in [2.24, 2.45) is 4.99 Å². The third-order valence-corrected chi connectivity index (χ3v) is 3.83. The number of hydrogen-bond donors (Lipinski definition) is 2. The number of furan rings is 1. The van der Waals surface area contributed by atoms with E-state index in [1.165, 1.54) is 0 Å². The summed E-state index contributed by atoms with van der Waals surface area (Å²) < 4.78 is 10.3. The predicted molar refractivity (Wildman–Crippen MR) is 88.5 cm³/mol. The molecule has 128 valence electrons. The first-order valence-electron chi connectivity index (χ1n) is 8.14. The van der Waals surface area contributed by atoms with Gasteiger partial charge in [-0.05, 0) is 31.9 Å². The molecule has 7 heteroatoms. The molecule has 0 radical (unpaired) electrons. The molecule has 1 aromatic rings. The second-order valence-electron chi connectivity index (χ2n) is 5.43. The maximum Gasteiger partial charge on any atom is 0.409 e. The van der Waals surface area contributed by atoms with E-state index < -0.39 is 0 Å². The van der Waals surface area contributed by atoms with Crippen LogP contribution < -0.4 is 10.6 Å². The van der Waals surface area contributed by atoms with E-state index in [1.54, 1.807) is 18.2 Å². The summed E-state index contributed by atoms with van der Waals surface area (Å²) in [6.07, 6.45) is 4.05. The minimum absolute atomic E-state index is 0.216. The molecular weight excluding hydrogens is 296 g/mol. The lowest BCUT2D eigenvalue weighted by atomic mass is 10.1. The van der Waals surface area contributed by atoms with Crippen LogP contribution in [0.15, 0.2) is 27.8 Å². The van der Waals surface area contributed by atoms with E-state index in [-0.39, 0.29) is 6.09 Å². The van der Waals surface area contributed by atoms with E-state index in [1.807, 2.05) is 19.1 Å². The van der Waals surface area contributed by atoms with Gasteiger partial charge in [0.2, 0.25) is 0 Å². The molecular formula is C16H26N4O3. The van der Waals surface area contributed by atoms with Crippen molar-refractivity contribution in [2.75, 3.05) is 33.3 Å². The van der Waals surface area contributed by atoms with Gasteiger partial charge in [-0.1, -0.05) is 0 Å². The summed E-state index contributed by atoms with van der Waals surface area (Å²) in [4.78, 5) is 17.7. The van der Waals surface area contributed by atoms with Gasteiger partial charge in [0, 0.05) is 39.1 Å². The van der Waals surface area contributed by atoms with E-state index in [9.17, 15) is 4.79 Å². The van der Waals surface area contributed by atoms with Crippen molar-refractivity contribution in [3.63, 3.8) is 0 Å². The van der Waals surface area contributed by atoms with Crippen LogP contribution in [0.3, 0.4) is 0 Å². The van der Waals surface area contributed by atoms with E-state index in [2.05, 4.69) is 15.6 Å². The molecule has 7 nitrogen and oxygen atoms in total. The lowest BCUT2D eigenvalue weighted by molar-refractivity contribution is 0.0963. The SMILES string of the molecule is CCOC(=O)N1CCC(NC(=NC)NCCc2ccco2)CC1. The van der Waals surface area contributed by atoms with Crippen molar-refractivity contribution in [1.82, 2.24) is 15.5 Å². The lowest BCUT2D eigenvalue weighted by Gasteiger charge is -2.32. The minimum atomic E-state index is -0.216. The Morgan fingerprint density at radius 2 is 2.26 bits per heavy atom. The highest BCUT2D eigenvalue weighted by atomic mass is 16.6. The monoisotopic (exact) mass is 322 g/mol. The van der Waals surface area contributed by atoms with Gasteiger partial charge < -0.3 is 24.7 Å². The molecule has 1 fully saturated rings. The molecule has 0 aliphatic carbocycles. The highest BCUT2D eigenvalue weighted by molar-refractivity contribution is 5.80. The number of rotatable bonds is 5. The highest BCUT2D eigenvalue weighted by Gasteiger charge is 2.23. The number of carbonyl (C=O) groups is 1. The molecule has 23 heavy (non-hydrogen) atoms. The molecule has 0 spiro atoms. The molecule has 0 aromatic carbocycles. The number of likely N-dealkylation sites (tertiary alicyclic amines) is 1. The smallest absolute Gasteiger partial charge is 0.409 e. The zero-order valence-electron chi connectivity index (χ0n) is 13.9. The summed E-state index contributed by atoms with van der Waals surface area (Å²) in [7, 11) is 1.76. The normalized spacial score (nSPS) is 16.3. The first kappa shape index (κ1) is 17.2. The molecule has 1 aliphatic heterocycles. The highest BCUT2D eigenvalue weighted by Crippen LogP contribution is 2.11. The van der Waals surface area contributed by atoms with Gasteiger partial charge in [0.1, 0.15) is 5.76 Å². The Balaban J connectivity index is 1.68. The number of aliphatic imine (C=N–C) groups is 1. The van der Waals surface area contributed by atoms with Crippen LogP contribution in [-0.2, 0) is 11.2 Å². The Kier molecular flexibility index (Phi) is 6.77. The Morgan fingerprint density at radius 3 is 2.87 bits per heavy atom. The van der Waals surface area contributed by atoms with Crippen molar-refractivity contribution < 1.29 is 13.9 Å². The maximum absolute atomic E-state index is 11.7. The Labute approximate surface area is 137 Å². The van der Waals surface area contributed by atoms with Crippen molar-refractivity contribution in [1.29, 1.82) is 0 Å². The van der Waals surface area contributed by atoms with Crippen LogP contribution in [0.4, 0.5) is 4.79 Å². The van der Waals surface area contributed by atoms with Crippen molar-refractivity contribution in [2.45, 2.75) is 32.2 Å². The number of piperidine rings is 1. The van der Waals surface area contributed by atoms with Gasteiger partial charge >= 0.3 is 6.09 Å². The van der Waals surface area contributed by atoms with Crippen LogP contribution in [0.2, 0.25) is 0 Å². The Bertz CT molecular complexity index is 493. The second-order valence-corrected chi connectivity index (χ2v) is 5.43. The van der Waals surface area contributed by atoms with Gasteiger partial charge in [-0.25, -0.2) is 4.79 Å². The summed E-state index contributed by atoms with van der Waals surface area (Å²) in [5.74, 6) is 1.74. The van der Waals surface area contributed by atoms with Gasteiger partial charge in [0.25, 0.3) is 0 Å². The second kappa shape index (κ2) is 9.07. The van der Waals surface area contributed by atoms with Gasteiger partial charge in [0.05, 0.1) is 12.9 Å². The number of amides is 1. The quantitative estimate of drug-likeness (QED) is 0.636. The van der Waals surface area contributed by atoms with Crippen LogP contribution >= 0.6 is 0 Å². The summed E-state index contributed by atoms with van der Waals surface area (Å²) in [6, 6.07) is 4.17. The standard InChI is InChI=1S/C16H26N4O3/c1-3-22-16(21)20-10-7-13(8-11-20)19-15(17-2)18-9-6-14-5-4-12-23-14/h4-5,12-13H,3,6-11H2,1-2H3,(H2,17,18,19). The third-order valence-electron chi connectivity index (χ3n) is 3.83. The van der Waals surface area contributed by atoms with E-state index >= 15 is 0 Å². The summed E-state index contributed by atoms with van der Waals surface area (Å²) in [5.41, 5.74) is 0. The van der Waals surface area contributed by atoms with Crippen LogP contribution in [0.1, 0.15) is 25.5 Å². The lowest BCUT2D eigenvalue weighted by Crippen LogP contribution is -2.50. The summed E-state index contributed by atoms with van der Waals surface area (Å²) >= 11 is 0. The molecule has 0 atom stereocenters. The molecule has 1 aliphatic rings. The first-order valence-corrected chi connectivity index (χ1v) is 8.14. The first-order chi connectivity index (χ1) is 11.2. The van der Waals surface area contributed by atoms with Crippen LogP contribution in [0.25, 0.3) is 0 Å². The number of nitrogens with one attached hydrogen (secondary N) is 2. The van der Waals surface area contributed by atoms with Gasteiger partial charge in [0.15, 0.2) is 5.96 Å². The van der Waals surface area contributed by atoms with Crippen LogP contribution in [0, 0.1) is 0 Å². The third kappa shape index (κ3) is 5.50. The van der Waals surface area contributed by atoms with Gasteiger partial charge in [-0.3, -0.25) is 4.99 Å². The number of carbonyl (C=O) groups excluding carboxylic acids is 1. The van der Waals surface area contributed by atoms with Gasteiger partial charge in [-0.2, -0.15) is 0 Å². The van der Waals surface area contributed by atoms with E-state index in [0.717, 1.165) is 37.5 Å². The molecule has 2 N–H and O–H groups in total. The molecule has 2 heterocycles. The average molecular weight is 322 g/mol. The number of nitrogens with zero attached hydrogens (tertiary/aromatic N) is 2. The summed E-state index contributed by atoms with van der Waals surface area (Å²) in [5, 5.41) is 6.69. The zero-order chi connectivity index (χ0) is 16.5. The molecule has 1 amide bonds. The predicted octanol–water partition coefficient (Wildman–Crippen LogP) is 1.61. The fraction of sp³-hybridized carbons (Fsp3) is 0.625. The van der Waals surface area contributed by atoms with Crippen LogP contribution in [-0.4, -0.2) is 56.3 Å². The Hall–Kier alpha value is -2.18. The molecule has 0 bridgehead atoms. The number of guanidine groups is 1. The van der Waals surface area contributed by atoms with E-state index in [0.29, 0.717) is 25.7 Å². The largest absolute Gasteiger partial charge is 0.469 e. The fourth-order valence-corrected chi connectivity index (χ4v) is 2.57. The molecule has 1 aromatic heterocycles. The molecule has 2 rings (SSSR count). The van der Waals surface area contributed by atoms with E-state index in [4.69, 9.17) is 9.15 Å². The number of ether oxygens (including phenoxy) is 1. The molecule has 1 saturated heterocycles. The van der Waals surface area contributed by atoms with Gasteiger partial charge in [-0.15, -0.1) is 0 Å². The zero-order valence-corrected chi connectivity index (χ0v) is 13.9. The number of hydrogen-bond acceptors (Lipinski definition) is 4. The minimum Gasteiger partial charge on any atom is -0.469 e. The Morgan fingerprint density at radius 1 is 1.48 bits per heavy atom. The summed E-state index contributed by atoms with van der Waals surface area (Å²) in [6.45, 7) is 4.42. The topological polar surface area (TPSA) is 79.1 Å². The fourth-order valence-electron chi connectivity index (χ4n) is 2.57. The van der Waals surface area contributed by atoms with Crippen molar-refractivity contribution in [3.05, 3.63) is 24.2 Å². The maximum atomic E-state index is 11.7. The van der Waals surface area contributed by atoms with Crippen molar-refractivity contribution in [3.8, 4) is 0 Å². The van der Waals surface area contributed by atoms with Crippen LogP contribution in [0.5, 0.6) is 0 Å². The van der Waals surface area contributed by atoms with Crippen molar-refractivity contribution >= 4 is 12.1 Å². The molecule has 0 saturated carbocycles. The average Bonchev–Trinajstić information content (AvgIpc) is 3.08.